The summed E-state index contributed by atoms with van der Waals surface area (Å²) in [5.41, 5.74) is 6.07. The summed E-state index contributed by atoms with van der Waals surface area (Å²) in [6.45, 7) is 1.36. The van der Waals surface area contributed by atoms with Crippen LogP contribution in [0.25, 0.3) is 11.1 Å². The van der Waals surface area contributed by atoms with Crippen LogP contribution in [0.1, 0.15) is 12.0 Å². The highest BCUT2D eigenvalue weighted by molar-refractivity contribution is 5.92. The Balaban J connectivity index is 1.85. The van der Waals surface area contributed by atoms with Crippen molar-refractivity contribution >= 4 is 17.9 Å². The summed E-state index contributed by atoms with van der Waals surface area (Å²) >= 11 is 0. The average molecular weight is 361 g/mol. The van der Waals surface area contributed by atoms with Gasteiger partial charge in [0.25, 0.3) is 0 Å². The topological polar surface area (TPSA) is 104 Å². The van der Waals surface area contributed by atoms with Crippen LogP contribution in [0.4, 0.5) is 19.4 Å². The van der Waals surface area contributed by atoms with Crippen LogP contribution in [-0.4, -0.2) is 35.2 Å². The van der Waals surface area contributed by atoms with Crippen molar-refractivity contribution in [3.05, 3.63) is 47.7 Å². The van der Waals surface area contributed by atoms with E-state index in [0.717, 1.165) is 19.5 Å². The molecule has 0 bridgehead atoms. The van der Waals surface area contributed by atoms with Gasteiger partial charge in [0.2, 0.25) is 0 Å². The first-order valence-electron chi connectivity index (χ1n) is 7.94. The lowest BCUT2D eigenvalue weighted by Crippen LogP contribution is -2.38. The summed E-state index contributed by atoms with van der Waals surface area (Å²) < 4.78 is 29.0. The molecule has 2 heterocycles. The molecule has 0 radical (unpaired) electrons. The van der Waals surface area contributed by atoms with E-state index in [1.807, 2.05) is 10.2 Å². The highest BCUT2D eigenvalue weighted by atomic mass is 19.1. The fourth-order valence-electron chi connectivity index (χ4n) is 2.58. The van der Waals surface area contributed by atoms with E-state index in [2.05, 4.69) is 9.98 Å². The fourth-order valence-corrected chi connectivity index (χ4v) is 2.58. The average Bonchev–Trinajstić information content (AvgIpc) is 2.53. The van der Waals surface area contributed by atoms with Crippen molar-refractivity contribution < 1.29 is 18.7 Å². The van der Waals surface area contributed by atoms with Crippen LogP contribution in [0, 0.1) is 11.6 Å². The number of hydrogen-bond acceptors (Lipinski definition) is 4. The van der Waals surface area contributed by atoms with Crippen molar-refractivity contribution in [2.24, 2.45) is 10.7 Å². The number of hydrogen-bond donors (Lipinski definition) is 3. The van der Waals surface area contributed by atoms with Crippen molar-refractivity contribution in [3.63, 3.8) is 0 Å². The second-order valence-corrected chi connectivity index (χ2v) is 5.78. The van der Waals surface area contributed by atoms with E-state index < -0.39 is 17.7 Å². The number of nitrogens with one attached hydrogen (secondary N) is 1. The number of halogens is 2. The Bertz CT molecular complexity index is 868. The summed E-state index contributed by atoms with van der Waals surface area (Å²) in [5.74, 6) is -1.15. The molecule has 1 amide bonds. The number of carboxylic acid groups (broad SMARTS) is 1. The van der Waals surface area contributed by atoms with Crippen LogP contribution in [0.15, 0.2) is 35.5 Å². The number of anilines is 1. The minimum Gasteiger partial charge on any atom is -0.465 e. The van der Waals surface area contributed by atoms with E-state index in [4.69, 9.17) is 10.8 Å². The molecule has 0 atom stereocenters. The molecule has 0 aliphatic carbocycles. The third kappa shape index (κ3) is 3.71. The molecule has 1 fully saturated rings. The lowest BCUT2D eigenvalue weighted by molar-refractivity contribution is 0.200. The van der Waals surface area contributed by atoms with E-state index in [0.29, 0.717) is 5.56 Å². The Kier molecular flexibility index (Phi) is 4.97. The molecule has 26 heavy (non-hydrogen) atoms. The first-order chi connectivity index (χ1) is 12.5. The smallest absolute Gasteiger partial charge is 0.411 e. The van der Waals surface area contributed by atoms with Crippen LogP contribution in [0.5, 0.6) is 0 Å². The van der Waals surface area contributed by atoms with Gasteiger partial charge in [0.05, 0.1) is 6.54 Å². The van der Waals surface area contributed by atoms with Crippen molar-refractivity contribution in [1.82, 2.24) is 10.3 Å². The third-order valence-electron chi connectivity index (χ3n) is 4.02. The summed E-state index contributed by atoms with van der Waals surface area (Å²) in [5, 5.41) is 10.4. The first-order valence-corrected chi connectivity index (χ1v) is 7.94. The Morgan fingerprint density at radius 3 is 2.77 bits per heavy atom. The zero-order valence-corrected chi connectivity index (χ0v) is 13.7. The Labute approximate surface area is 148 Å². The lowest BCUT2D eigenvalue weighted by atomic mass is 10.0. The summed E-state index contributed by atoms with van der Waals surface area (Å²) in [4.78, 5) is 20.2. The molecule has 2 aromatic rings. The molecule has 3 rings (SSSR count). The van der Waals surface area contributed by atoms with Crippen LogP contribution in [-0.2, 0) is 6.54 Å². The monoisotopic (exact) mass is 361 g/mol. The van der Waals surface area contributed by atoms with Crippen LogP contribution in [0.2, 0.25) is 0 Å². The van der Waals surface area contributed by atoms with Gasteiger partial charge in [-0.25, -0.2) is 23.6 Å². The SMILES string of the molecule is NC(=NCc1cccc(-c2cnc(N3CCC3)c(F)c2)c1F)NC(=O)O. The van der Waals surface area contributed by atoms with E-state index in [9.17, 15) is 13.6 Å². The maximum absolute atomic E-state index is 14.7. The fraction of sp³-hybridized carbons (Fsp3) is 0.235. The predicted molar refractivity (Wildman–Crippen MR) is 92.9 cm³/mol. The molecular formula is C17H17F2N5O2. The Hall–Kier alpha value is -3.23. The van der Waals surface area contributed by atoms with Crippen LogP contribution in [0.3, 0.4) is 0 Å². The predicted octanol–water partition coefficient (Wildman–Crippen LogP) is 2.32. The minimum atomic E-state index is -1.36. The van der Waals surface area contributed by atoms with Crippen molar-refractivity contribution in [2.75, 3.05) is 18.0 Å². The maximum atomic E-state index is 14.7. The number of aromatic nitrogens is 1. The van der Waals surface area contributed by atoms with Gasteiger partial charge in [-0.2, -0.15) is 0 Å². The molecule has 7 nitrogen and oxygen atoms in total. The number of amides is 1. The van der Waals surface area contributed by atoms with E-state index in [1.165, 1.54) is 24.4 Å². The highest BCUT2D eigenvalue weighted by Gasteiger charge is 2.20. The third-order valence-corrected chi connectivity index (χ3v) is 4.02. The molecule has 136 valence electrons. The first kappa shape index (κ1) is 17.6. The van der Waals surface area contributed by atoms with Gasteiger partial charge in [0.15, 0.2) is 17.6 Å². The zero-order valence-electron chi connectivity index (χ0n) is 13.7. The van der Waals surface area contributed by atoms with Gasteiger partial charge in [0.1, 0.15) is 5.82 Å². The number of nitrogens with two attached hydrogens (primary N) is 1. The molecule has 0 saturated carbocycles. The Morgan fingerprint density at radius 1 is 1.38 bits per heavy atom. The second-order valence-electron chi connectivity index (χ2n) is 5.78. The van der Waals surface area contributed by atoms with E-state index in [1.54, 1.807) is 6.07 Å². The number of guanidine groups is 1. The van der Waals surface area contributed by atoms with Crippen molar-refractivity contribution in [2.45, 2.75) is 13.0 Å². The zero-order chi connectivity index (χ0) is 18.7. The normalized spacial score (nSPS) is 14.1. The molecule has 4 N–H and O–H groups in total. The number of pyridine rings is 1. The molecule has 1 aromatic heterocycles. The number of nitrogens with zero attached hydrogens (tertiary/aromatic N) is 3. The molecule has 1 aliphatic rings. The van der Waals surface area contributed by atoms with E-state index in [-0.39, 0.29) is 29.4 Å². The quantitative estimate of drug-likeness (QED) is 0.573. The molecule has 0 unspecified atom stereocenters. The molecule has 1 saturated heterocycles. The van der Waals surface area contributed by atoms with Gasteiger partial charge in [-0.05, 0) is 12.5 Å². The van der Waals surface area contributed by atoms with Crippen molar-refractivity contribution in [1.29, 1.82) is 0 Å². The van der Waals surface area contributed by atoms with E-state index >= 15 is 0 Å². The standard InChI is InChI=1S/C17H17F2N5O2/c18-13-7-11(9-21-15(13)24-5-2-6-24)12-4-1-3-10(14(12)19)8-22-16(20)23-17(25)26/h1,3-4,7,9H,2,5-6,8H2,(H,25,26)(H3,20,22,23). The number of benzene rings is 1. The van der Waals surface area contributed by atoms with Gasteiger partial charge < -0.3 is 15.7 Å². The van der Waals surface area contributed by atoms with Gasteiger partial charge in [-0.15, -0.1) is 0 Å². The molecule has 1 aliphatic heterocycles. The molecule has 0 spiro atoms. The number of rotatable bonds is 4. The van der Waals surface area contributed by atoms with Gasteiger partial charge in [-0.3, -0.25) is 5.32 Å². The highest BCUT2D eigenvalue weighted by Crippen LogP contribution is 2.29. The second kappa shape index (κ2) is 7.34. The van der Waals surface area contributed by atoms with Crippen LogP contribution >= 0.6 is 0 Å². The Morgan fingerprint density at radius 2 is 2.15 bits per heavy atom. The summed E-state index contributed by atoms with van der Waals surface area (Å²) in [7, 11) is 0. The van der Waals surface area contributed by atoms with Gasteiger partial charge in [0, 0.05) is 36.0 Å². The van der Waals surface area contributed by atoms with Crippen molar-refractivity contribution in [3.8, 4) is 11.1 Å². The molecule has 9 heteroatoms. The lowest BCUT2D eigenvalue weighted by Gasteiger charge is -2.32. The molecular weight excluding hydrogens is 344 g/mol. The number of aliphatic imine (C=N–C) groups is 1. The summed E-state index contributed by atoms with van der Waals surface area (Å²) in [6, 6.07) is 5.87. The number of carbonyl (C=O) groups is 1. The maximum Gasteiger partial charge on any atom is 0.411 e. The largest absolute Gasteiger partial charge is 0.465 e. The molecule has 1 aromatic carbocycles. The van der Waals surface area contributed by atoms with Crippen LogP contribution < -0.4 is 16.0 Å². The van der Waals surface area contributed by atoms with Gasteiger partial charge in [-0.1, -0.05) is 18.2 Å². The van der Waals surface area contributed by atoms with Gasteiger partial charge >= 0.3 is 6.09 Å². The minimum absolute atomic E-state index is 0.159. The summed E-state index contributed by atoms with van der Waals surface area (Å²) in [6.07, 6.45) is 1.08.